The molecule has 1 nitrogen and oxygen atoms in total. The van der Waals surface area contributed by atoms with E-state index in [9.17, 15) is 0 Å². The molecule has 0 fully saturated rings. The van der Waals surface area contributed by atoms with Gasteiger partial charge in [0, 0.05) is 0 Å². The molecular formula is C20H27NP-. The molecule has 0 saturated heterocycles. The molecular weight excluding hydrogens is 285 g/mol. The van der Waals surface area contributed by atoms with Crippen LogP contribution in [0, 0.1) is 13.8 Å². The lowest BCUT2D eigenvalue weighted by Gasteiger charge is -2.35. The van der Waals surface area contributed by atoms with Crippen molar-refractivity contribution in [2.24, 2.45) is 0 Å². The normalized spacial score (nSPS) is 11.5. The summed E-state index contributed by atoms with van der Waals surface area (Å²) < 4.78 is 0. The van der Waals surface area contributed by atoms with Crippen LogP contribution in [-0.4, -0.2) is 11.3 Å². The minimum atomic E-state index is -0.204. The van der Waals surface area contributed by atoms with Crippen LogP contribution < -0.4 is 5.30 Å². The summed E-state index contributed by atoms with van der Waals surface area (Å²) in [5, 5.41) is 6.48. The second-order valence-corrected chi connectivity index (χ2v) is 9.80. The lowest BCUT2D eigenvalue weighted by molar-refractivity contribution is 1.02. The molecule has 0 amide bonds. The van der Waals surface area contributed by atoms with Crippen LogP contribution in [0.2, 0.25) is 0 Å². The molecule has 2 aromatic carbocycles. The first-order chi connectivity index (χ1) is 10.4. The van der Waals surface area contributed by atoms with Crippen molar-refractivity contribution < 1.29 is 0 Å². The second kappa shape index (κ2) is 7.29. The Hall–Kier alpha value is -1.33. The molecule has 2 heteroatoms. The zero-order chi connectivity index (χ0) is 16.3. The van der Waals surface area contributed by atoms with Crippen LogP contribution in [0.4, 0.5) is 11.4 Å². The lowest BCUT2D eigenvalue weighted by Crippen LogP contribution is -2.15. The summed E-state index contributed by atoms with van der Waals surface area (Å²) in [6.07, 6.45) is 0. The van der Waals surface area contributed by atoms with Crippen molar-refractivity contribution in [3.8, 4) is 0 Å². The maximum absolute atomic E-state index is 5.04. The molecule has 2 rings (SSSR count). The molecule has 2 aromatic rings. The van der Waals surface area contributed by atoms with Crippen LogP contribution in [0.15, 0.2) is 42.5 Å². The Labute approximate surface area is 136 Å². The molecule has 22 heavy (non-hydrogen) atoms. The minimum absolute atomic E-state index is 0.204. The van der Waals surface area contributed by atoms with Gasteiger partial charge in [-0.2, -0.15) is 0 Å². The quantitative estimate of drug-likeness (QED) is 0.555. The standard InChI is InChI=1S/C20H27NP/c1-14(2)22(15(3)4)19-13-8-7-12-18(19)21-20-16(5)10-9-11-17(20)6/h7-15H,1-6H3/q-1. The zero-order valence-electron chi connectivity index (χ0n) is 14.6. The Morgan fingerprint density at radius 2 is 1.32 bits per heavy atom. The average molecular weight is 312 g/mol. The highest BCUT2D eigenvalue weighted by Gasteiger charge is 2.19. The molecule has 0 aliphatic heterocycles. The van der Waals surface area contributed by atoms with E-state index in [4.69, 9.17) is 5.32 Å². The van der Waals surface area contributed by atoms with Gasteiger partial charge in [0.05, 0.1) is 0 Å². The Morgan fingerprint density at radius 3 is 1.86 bits per heavy atom. The smallest absolute Gasteiger partial charge is 0.0224 e. The largest absolute Gasteiger partial charge is 0.657 e. The summed E-state index contributed by atoms with van der Waals surface area (Å²) >= 11 is 0. The van der Waals surface area contributed by atoms with Crippen molar-refractivity contribution in [1.29, 1.82) is 0 Å². The Balaban J connectivity index is 2.45. The molecule has 0 saturated carbocycles. The summed E-state index contributed by atoms with van der Waals surface area (Å²) in [4.78, 5) is 0. The van der Waals surface area contributed by atoms with Gasteiger partial charge in [-0.3, -0.25) is 0 Å². The fourth-order valence-corrected chi connectivity index (χ4v) is 5.98. The monoisotopic (exact) mass is 312 g/mol. The highest BCUT2D eigenvalue weighted by Crippen LogP contribution is 2.49. The SMILES string of the molecule is Cc1cccc(C)c1[N-]c1ccccc1P(C(C)C)C(C)C. The van der Waals surface area contributed by atoms with Crippen molar-refractivity contribution in [2.75, 3.05) is 0 Å². The first-order valence-corrected chi connectivity index (χ1v) is 9.55. The van der Waals surface area contributed by atoms with Crippen LogP contribution in [0.1, 0.15) is 38.8 Å². The summed E-state index contributed by atoms with van der Waals surface area (Å²) in [6, 6.07) is 15.1. The molecule has 0 spiro atoms. The molecule has 0 aromatic heterocycles. The van der Waals surface area contributed by atoms with Crippen LogP contribution in [0.3, 0.4) is 0 Å². The molecule has 0 bridgehead atoms. The fraction of sp³-hybridized carbons (Fsp3) is 0.400. The van der Waals surface area contributed by atoms with E-state index in [1.165, 1.54) is 16.4 Å². The zero-order valence-corrected chi connectivity index (χ0v) is 15.5. The van der Waals surface area contributed by atoms with Gasteiger partial charge >= 0.3 is 0 Å². The highest BCUT2D eigenvalue weighted by atomic mass is 31.1. The van der Waals surface area contributed by atoms with E-state index in [1.54, 1.807) is 0 Å². The summed E-state index contributed by atoms with van der Waals surface area (Å²) in [7, 11) is -0.204. The molecule has 0 aliphatic rings. The number of para-hydroxylation sites is 2. The van der Waals surface area contributed by atoms with Gasteiger partial charge in [-0.1, -0.05) is 89.2 Å². The van der Waals surface area contributed by atoms with Crippen LogP contribution >= 0.6 is 7.92 Å². The number of rotatable bonds is 5. The number of hydrogen-bond acceptors (Lipinski definition) is 0. The van der Waals surface area contributed by atoms with Crippen molar-refractivity contribution in [3.63, 3.8) is 0 Å². The van der Waals surface area contributed by atoms with Gasteiger partial charge < -0.3 is 5.32 Å². The van der Waals surface area contributed by atoms with E-state index in [0.29, 0.717) is 11.3 Å². The van der Waals surface area contributed by atoms with Gasteiger partial charge in [-0.25, -0.2) is 0 Å². The highest BCUT2D eigenvalue weighted by molar-refractivity contribution is 7.67. The van der Waals surface area contributed by atoms with Gasteiger partial charge in [-0.05, 0) is 30.5 Å². The van der Waals surface area contributed by atoms with Crippen molar-refractivity contribution in [1.82, 2.24) is 0 Å². The Morgan fingerprint density at radius 1 is 0.773 bits per heavy atom. The maximum atomic E-state index is 5.04. The van der Waals surface area contributed by atoms with E-state index in [2.05, 4.69) is 84.0 Å². The van der Waals surface area contributed by atoms with Gasteiger partial charge in [0.25, 0.3) is 0 Å². The van der Waals surface area contributed by atoms with Crippen molar-refractivity contribution in [2.45, 2.75) is 52.9 Å². The summed E-state index contributed by atoms with van der Waals surface area (Å²) in [5.74, 6) is 0. The molecule has 0 radical (unpaired) electrons. The maximum Gasteiger partial charge on any atom is -0.0224 e. The molecule has 0 aliphatic carbocycles. The molecule has 118 valence electrons. The second-order valence-electron chi connectivity index (χ2n) is 6.44. The van der Waals surface area contributed by atoms with E-state index >= 15 is 0 Å². The van der Waals surface area contributed by atoms with Gasteiger partial charge in [-0.15, -0.1) is 11.4 Å². The minimum Gasteiger partial charge on any atom is -0.657 e. The average Bonchev–Trinajstić information content (AvgIpc) is 2.44. The molecule has 0 atom stereocenters. The predicted octanol–water partition coefficient (Wildman–Crippen LogP) is 6.56. The lowest BCUT2D eigenvalue weighted by atomic mass is 10.1. The third-order valence-corrected chi connectivity index (χ3v) is 7.10. The van der Waals surface area contributed by atoms with E-state index in [0.717, 1.165) is 11.4 Å². The van der Waals surface area contributed by atoms with Gasteiger partial charge in [0.1, 0.15) is 0 Å². The first-order valence-electron chi connectivity index (χ1n) is 8.07. The number of aryl methyl sites for hydroxylation is 2. The van der Waals surface area contributed by atoms with E-state index in [-0.39, 0.29) is 7.92 Å². The summed E-state index contributed by atoms with van der Waals surface area (Å²) in [5.41, 5.74) is 6.10. The van der Waals surface area contributed by atoms with Gasteiger partial charge in [0.15, 0.2) is 0 Å². The van der Waals surface area contributed by atoms with Crippen molar-refractivity contribution in [3.05, 3.63) is 58.9 Å². The Bertz CT molecular complexity index is 603. The van der Waals surface area contributed by atoms with E-state index in [1.807, 2.05) is 0 Å². The van der Waals surface area contributed by atoms with Crippen LogP contribution in [-0.2, 0) is 0 Å². The van der Waals surface area contributed by atoms with Gasteiger partial charge in [0.2, 0.25) is 0 Å². The molecule has 0 N–H and O–H groups in total. The summed E-state index contributed by atoms with van der Waals surface area (Å²) in [6.45, 7) is 13.6. The molecule has 0 heterocycles. The topological polar surface area (TPSA) is 14.1 Å². The Kier molecular flexibility index (Phi) is 5.64. The predicted molar refractivity (Wildman–Crippen MR) is 102 cm³/mol. The molecule has 0 unspecified atom stereocenters. The number of nitrogens with zero attached hydrogens (tertiary/aromatic N) is 1. The first kappa shape index (κ1) is 17.0. The van der Waals surface area contributed by atoms with Crippen LogP contribution in [0.25, 0.3) is 5.32 Å². The third kappa shape index (κ3) is 3.70. The fourth-order valence-electron chi connectivity index (χ4n) is 3.03. The number of hydrogen-bond donors (Lipinski definition) is 0. The third-order valence-electron chi connectivity index (χ3n) is 3.94. The van der Waals surface area contributed by atoms with E-state index < -0.39 is 0 Å². The number of benzene rings is 2. The van der Waals surface area contributed by atoms with Crippen molar-refractivity contribution >= 4 is 24.6 Å². The van der Waals surface area contributed by atoms with Crippen LogP contribution in [0.5, 0.6) is 0 Å².